The number of hydrogen-bond acceptors (Lipinski definition) is 2. The third-order valence-electron chi connectivity index (χ3n) is 3.52. The van der Waals surface area contributed by atoms with Gasteiger partial charge in [0.25, 0.3) is 0 Å². The lowest BCUT2D eigenvalue weighted by Gasteiger charge is -2.39. The van der Waals surface area contributed by atoms with Crippen LogP contribution in [0.2, 0.25) is 0 Å². The van der Waals surface area contributed by atoms with E-state index in [9.17, 15) is 57.1 Å². The number of nitrogens with zero attached hydrogens (tertiary/aromatic N) is 1. The van der Waals surface area contributed by atoms with E-state index in [2.05, 4.69) is 9.73 Å². The molecule has 1 aliphatic rings. The summed E-state index contributed by atoms with van der Waals surface area (Å²) in [4.78, 5) is 3.53. The molecule has 1 heterocycles. The van der Waals surface area contributed by atoms with E-state index in [-0.39, 0.29) is 18.9 Å². The van der Waals surface area contributed by atoms with Crippen LogP contribution in [0.5, 0.6) is 0 Å². The quantitative estimate of drug-likeness (QED) is 0.500. The van der Waals surface area contributed by atoms with Gasteiger partial charge in [-0.15, -0.1) is 0 Å². The van der Waals surface area contributed by atoms with Crippen molar-refractivity contribution in [1.29, 1.82) is 0 Å². The SMILES string of the molecule is FC(F)(F)C(F)(F)C(F)(F)C(F)(F)C(F)(F)C(F)(F)CCOC1=NCCC1. The predicted molar refractivity (Wildman–Crippen MR) is 62.9 cm³/mol. The van der Waals surface area contributed by atoms with Crippen molar-refractivity contribution in [3.63, 3.8) is 0 Å². The third kappa shape index (κ3) is 3.77. The third-order valence-corrected chi connectivity index (χ3v) is 3.52. The largest absolute Gasteiger partial charge is 0.481 e. The lowest BCUT2D eigenvalue weighted by Crippen LogP contribution is -2.70. The van der Waals surface area contributed by atoms with Crippen molar-refractivity contribution in [2.24, 2.45) is 4.99 Å². The summed E-state index contributed by atoms with van der Waals surface area (Å²) in [6, 6.07) is 0. The molecule has 27 heavy (non-hydrogen) atoms. The molecule has 0 saturated carbocycles. The molecule has 0 radical (unpaired) electrons. The molecule has 0 saturated heterocycles. The van der Waals surface area contributed by atoms with Crippen molar-refractivity contribution in [3.8, 4) is 0 Å². The Morgan fingerprint density at radius 2 is 1.19 bits per heavy atom. The Morgan fingerprint density at radius 3 is 1.59 bits per heavy atom. The monoisotopic (exact) mass is 431 g/mol. The molecule has 0 fully saturated rings. The van der Waals surface area contributed by atoms with Gasteiger partial charge in [0.05, 0.1) is 13.0 Å². The molecule has 0 unspecified atom stereocenters. The van der Waals surface area contributed by atoms with Gasteiger partial charge in [0.2, 0.25) is 0 Å². The highest BCUT2D eigenvalue weighted by Crippen LogP contribution is 2.60. The van der Waals surface area contributed by atoms with E-state index >= 15 is 0 Å². The Bertz CT molecular complexity index is 566. The number of aliphatic imine (C=N–C) groups is 1. The smallest absolute Gasteiger partial charge is 0.460 e. The first-order valence-electron chi connectivity index (χ1n) is 6.95. The van der Waals surface area contributed by atoms with Crippen LogP contribution in [-0.4, -0.2) is 54.8 Å². The normalized spacial score (nSPS) is 17.9. The number of ether oxygens (including phenoxy) is 1. The molecule has 2 nitrogen and oxygen atoms in total. The minimum atomic E-state index is -7.87. The molecule has 160 valence electrons. The molecular weight excluding hydrogens is 421 g/mol. The van der Waals surface area contributed by atoms with Crippen LogP contribution in [0.1, 0.15) is 19.3 Å². The zero-order valence-electron chi connectivity index (χ0n) is 12.8. The number of rotatable bonds is 7. The average Bonchev–Trinajstić information content (AvgIpc) is 2.98. The molecule has 0 aliphatic carbocycles. The number of halogens is 13. The second-order valence-electron chi connectivity index (χ2n) is 5.48. The summed E-state index contributed by atoms with van der Waals surface area (Å²) in [5, 5.41) is 0. The minimum absolute atomic E-state index is 0.0913. The number of hydrogen-bond donors (Lipinski definition) is 0. The van der Waals surface area contributed by atoms with Crippen LogP contribution in [0.3, 0.4) is 0 Å². The van der Waals surface area contributed by atoms with Gasteiger partial charge in [-0.25, -0.2) is 0 Å². The Morgan fingerprint density at radius 1 is 0.704 bits per heavy atom. The average molecular weight is 431 g/mol. The van der Waals surface area contributed by atoms with Gasteiger partial charge < -0.3 is 4.74 Å². The fraction of sp³-hybridized carbons (Fsp3) is 0.917. The summed E-state index contributed by atoms with van der Waals surface area (Å²) in [6.07, 6.45) is -9.29. The Balaban J connectivity index is 3.09. The van der Waals surface area contributed by atoms with E-state index in [0.717, 1.165) is 0 Å². The molecule has 0 spiro atoms. The maximum absolute atomic E-state index is 13.4. The topological polar surface area (TPSA) is 21.6 Å². The van der Waals surface area contributed by atoms with Crippen molar-refractivity contribution in [3.05, 3.63) is 0 Å². The van der Waals surface area contributed by atoms with Crippen LogP contribution < -0.4 is 0 Å². The Kier molecular flexibility index (Phi) is 6.00. The van der Waals surface area contributed by atoms with Gasteiger partial charge in [0, 0.05) is 13.0 Å². The van der Waals surface area contributed by atoms with E-state index in [1.54, 1.807) is 0 Å². The molecule has 0 aromatic carbocycles. The van der Waals surface area contributed by atoms with Gasteiger partial charge >= 0.3 is 35.8 Å². The van der Waals surface area contributed by atoms with Crippen LogP contribution in [-0.2, 0) is 4.74 Å². The molecule has 1 rings (SSSR count). The van der Waals surface area contributed by atoms with Crippen molar-refractivity contribution in [2.45, 2.75) is 55.1 Å². The fourth-order valence-electron chi connectivity index (χ4n) is 1.89. The summed E-state index contributed by atoms with van der Waals surface area (Å²) in [7, 11) is 0. The molecule has 0 bridgehead atoms. The van der Waals surface area contributed by atoms with E-state index in [0.29, 0.717) is 6.42 Å². The van der Waals surface area contributed by atoms with Gasteiger partial charge in [-0.05, 0) is 6.42 Å². The standard InChI is InChI=1S/C12H10F13NO/c13-7(14,3-5-27-6-2-1-4-26-6)8(15,16)9(17,18)10(19,20)11(21,22)12(23,24)25/h1-5H2. The first kappa shape index (κ1) is 23.6. The van der Waals surface area contributed by atoms with Gasteiger partial charge in [0.15, 0.2) is 5.90 Å². The van der Waals surface area contributed by atoms with E-state index in [1.165, 1.54) is 0 Å². The highest BCUT2D eigenvalue weighted by Gasteiger charge is 2.90. The van der Waals surface area contributed by atoms with E-state index in [4.69, 9.17) is 0 Å². The molecule has 0 N–H and O–H groups in total. The summed E-state index contributed by atoms with van der Waals surface area (Å²) >= 11 is 0. The van der Waals surface area contributed by atoms with Crippen LogP contribution in [0.4, 0.5) is 57.1 Å². The van der Waals surface area contributed by atoms with Crippen molar-refractivity contribution in [2.75, 3.05) is 13.2 Å². The van der Waals surface area contributed by atoms with Crippen LogP contribution in [0.25, 0.3) is 0 Å². The minimum Gasteiger partial charge on any atom is -0.481 e. The highest BCUT2D eigenvalue weighted by atomic mass is 19.4. The van der Waals surface area contributed by atoms with Crippen molar-refractivity contribution < 1.29 is 61.8 Å². The second-order valence-corrected chi connectivity index (χ2v) is 5.48. The molecule has 0 aromatic rings. The molecule has 15 heteroatoms. The summed E-state index contributed by atoms with van der Waals surface area (Å²) in [5.74, 6) is -36.9. The lowest BCUT2D eigenvalue weighted by atomic mass is 9.93. The van der Waals surface area contributed by atoms with Crippen molar-refractivity contribution >= 4 is 5.90 Å². The van der Waals surface area contributed by atoms with E-state index < -0.39 is 48.8 Å². The molecule has 0 atom stereocenters. The first-order chi connectivity index (χ1) is 11.8. The Hall–Kier alpha value is -1.44. The maximum atomic E-state index is 13.4. The van der Waals surface area contributed by atoms with Gasteiger partial charge in [-0.3, -0.25) is 4.99 Å². The molecule has 1 aliphatic heterocycles. The van der Waals surface area contributed by atoms with E-state index in [1.807, 2.05) is 0 Å². The second kappa shape index (κ2) is 6.87. The zero-order valence-corrected chi connectivity index (χ0v) is 12.8. The lowest BCUT2D eigenvalue weighted by molar-refractivity contribution is -0.440. The van der Waals surface area contributed by atoms with Crippen molar-refractivity contribution in [1.82, 2.24) is 0 Å². The highest BCUT2D eigenvalue weighted by molar-refractivity contribution is 5.77. The molecular formula is C12H10F13NO. The fourth-order valence-corrected chi connectivity index (χ4v) is 1.89. The number of alkyl halides is 13. The van der Waals surface area contributed by atoms with Gasteiger partial charge in [0.1, 0.15) is 0 Å². The summed E-state index contributed by atoms with van der Waals surface area (Å²) in [6.45, 7) is -1.25. The predicted octanol–water partition coefficient (Wildman–Crippen LogP) is 5.32. The summed E-state index contributed by atoms with van der Waals surface area (Å²) in [5.41, 5.74) is 0. The zero-order chi connectivity index (χ0) is 21.5. The maximum Gasteiger partial charge on any atom is 0.460 e. The molecule has 0 aromatic heterocycles. The Labute approximate surface area is 142 Å². The summed E-state index contributed by atoms with van der Waals surface area (Å²) < 4.78 is 171. The van der Waals surface area contributed by atoms with Crippen LogP contribution in [0.15, 0.2) is 4.99 Å². The van der Waals surface area contributed by atoms with Crippen LogP contribution in [0, 0.1) is 0 Å². The first-order valence-corrected chi connectivity index (χ1v) is 6.95. The molecule has 0 amide bonds. The van der Waals surface area contributed by atoms with Gasteiger partial charge in [-0.2, -0.15) is 57.1 Å². The van der Waals surface area contributed by atoms with Crippen LogP contribution >= 0.6 is 0 Å². The van der Waals surface area contributed by atoms with Gasteiger partial charge in [-0.1, -0.05) is 0 Å².